The van der Waals surface area contributed by atoms with Crippen molar-refractivity contribution in [2.75, 3.05) is 6.61 Å². The van der Waals surface area contributed by atoms with Gasteiger partial charge in [0, 0.05) is 19.3 Å². The maximum absolute atomic E-state index is 12.1. The second kappa shape index (κ2) is 12.2. The molecule has 0 radical (unpaired) electrons. The van der Waals surface area contributed by atoms with Gasteiger partial charge in [0.05, 0.1) is 12.7 Å². The van der Waals surface area contributed by atoms with Crippen molar-refractivity contribution in [1.29, 1.82) is 0 Å². The van der Waals surface area contributed by atoms with E-state index in [4.69, 9.17) is 4.74 Å². The summed E-state index contributed by atoms with van der Waals surface area (Å²) in [5.74, 6) is 0.624. The number of hydrogen-bond acceptors (Lipinski definition) is 4. The molecule has 0 heterocycles. The van der Waals surface area contributed by atoms with E-state index in [2.05, 4.69) is 6.92 Å². The van der Waals surface area contributed by atoms with E-state index in [1.165, 1.54) is 5.56 Å². The Balaban J connectivity index is 1.77. The van der Waals surface area contributed by atoms with E-state index in [0.29, 0.717) is 31.6 Å². The molecule has 0 fully saturated rings. The Labute approximate surface area is 168 Å². The van der Waals surface area contributed by atoms with Crippen LogP contribution in [-0.4, -0.2) is 28.7 Å². The largest absolute Gasteiger partial charge is 0.504 e. The number of benzene rings is 2. The van der Waals surface area contributed by atoms with Crippen molar-refractivity contribution in [3.63, 3.8) is 0 Å². The molecule has 152 valence electrons. The first-order valence-electron chi connectivity index (χ1n) is 10.3. The molecule has 2 aromatic carbocycles. The zero-order chi connectivity index (χ0) is 20.2. The number of ketones is 1. The van der Waals surface area contributed by atoms with Gasteiger partial charge in [0.2, 0.25) is 0 Å². The fourth-order valence-electron chi connectivity index (χ4n) is 3.13. The lowest BCUT2D eigenvalue weighted by molar-refractivity contribution is -0.121. The van der Waals surface area contributed by atoms with Gasteiger partial charge in [0.25, 0.3) is 0 Å². The second-order valence-electron chi connectivity index (χ2n) is 7.28. The zero-order valence-corrected chi connectivity index (χ0v) is 16.8. The number of phenols is 1. The number of unbranched alkanes of at least 4 members (excludes halogenated alkanes) is 2. The van der Waals surface area contributed by atoms with Gasteiger partial charge in [-0.3, -0.25) is 4.79 Å². The Morgan fingerprint density at radius 3 is 2.57 bits per heavy atom. The first-order valence-corrected chi connectivity index (χ1v) is 10.3. The minimum atomic E-state index is -0.532. The van der Waals surface area contributed by atoms with Crippen LogP contribution in [0.1, 0.15) is 56.6 Å². The van der Waals surface area contributed by atoms with Gasteiger partial charge in [0.1, 0.15) is 5.78 Å². The molecular formula is C24H32O4. The normalized spacial score (nSPS) is 11.9. The number of rotatable bonds is 13. The van der Waals surface area contributed by atoms with Crippen LogP contribution in [0.5, 0.6) is 11.5 Å². The van der Waals surface area contributed by atoms with Gasteiger partial charge in [-0.05, 0) is 36.1 Å². The van der Waals surface area contributed by atoms with Crippen LogP contribution in [-0.2, 0) is 17.6 Å². The van der Waals surface area contributed by atoms with Crippen LogP contribution in [0.15, 0.2) is 48.5 Å². The lowest BCUT2D eigenvalue weighted by atomic mass is 10.0. The lowest BCUT2D eigenvalue weighted by Crippen LogP contribution is -2.13. The summed E-state index contributed by atoms with van der Waals surface area (Å²) in [6, 6.07) is 15.3. The number of aromatic hydroxyl groups is 1. The summed E-state index contributed by atoms with van der Waals surface area (Å²) in [6.07, 6.45) is 5.28. The minimum Gasteiger partial charge on any atom is -0.504 e. The highest BCUT2D eigenvalue weighted by Crippen LogP contribution is 2.27. The van der Waals surface area contributed by atoms with Gasteiger partial charge in [-0.2, -0.15) is 0 Å². The predicted octanol–water partition coefficient (Wildman–Crippen LogP) is 4.85. The molecule has 0 aromatic heterocycles. The number of hydrogen-bond donors (Lipinski definition) is 2. The summed E-state index contributed by atoms with van der Waals surface area (Å²) >= 11 is 0. The van der Waals surface area contributed by atoms with Crippen LogP contribution in [0.2, 0.25) is 0 Å². The lowest BCUT2D eigenvalue weighted by Gasteiger charge is -2.11. The first-order chi connectivity index (χ1) is 13.6. The highest BCUT2D eigenvalue weighted by molar-refractivity contribution is 5.79. The summed E-state index contributed by atoms with van der Waals surface area (Å²) in [4.78, 5) is 12.1. The number of aryl methyl sites for hydroxylation is 1. The van der Waals surface area contributed by atoms with Crippen molar-refractivity contribution in [3.05, 3.63) is 59.7 Å². The standard InChI is InChI=1S/C24H32O4/c1-2-3-5-10-21(25)18-22(26)13-11-20-12-14-23(27)24(17-20)28-16-15-19-8-6-4-7-9-19/h4,6-9,12,14,17,21,25,27H,2-3,5,10-11,13,15-16,18H2,1H3/t21-/m1/s1. The SMILES string of the molecule is CCCCC[C@@H](O)CC(=O)CCc1ccc(O)c(OCCc2ccccc2)c1. The third kappa shape index (κ3) is 8.13. The van der Waals surface area contributed by atoms with E-state index in [9.17, 15) is 15.0 Å². The average Bonchev–Trinajstić information content (AvgIpc) is 2.69. The third-order valence-corrected chi connectivity index (χ3v) is 4.81. The summed E-state index contributed by atoms with van der Waals surface area (Å²) in [5, 5.41) is 19.9. The summed E-state index contributed by atoms with van der Waals surface area (Å²) < 4.78 is 5.73. The molecule has 0 aliphatic rings. The van der Waals surface area contributed by atoms with Crippen molar-refractivity contribution in [3.8, 4) is 11.5 Å². The van der Waals surface area contributed by atoms with Gasteiger partial charge in [-0.25, -0.2) is 0 Å². The van der Waals surface area contributed by atoms with Crippen LogP contribution >= 0.6 is 0 Å². The number of carbonyl (C=O) groups excluding carboxylic acids is 1. The van der Waals surface area contributed by atoms with Crippen LogP contribution in [0.4, 0.5) is 0 Å². The Morgan fingerprint density at radius 1 is 1.04 bits per heavy atom. The van der Waals surface area contributed by atoms with E-state index in [0.717, 1.165) is 31.2 Å². The molecule has 0 aliphatic carbocycles. The number of Topliss-reactive ketones (excluding diaryl/α,β-unsaturated/α-hetero) is 1. The second-order valence-corrected chi connectivity index (χ2v) is 7.28. The van der Waals surface area contributed by atoms with Crippen LogP contribution in [0.3, 0.4) is 0 Å². The molecule has 0 aliphatic heterocycles. The third-order valence-electron chi connectivity index (χ3n) is 4.81. The maximum atomic E-state index is 12.1. The Hall–Kier alpha value is -2.33. The molecule has 0 unspecified atom stereocenters. The molecule has 28 heavy (non-hydrogen) atoms. The quantitative estimate of drug-likeness (QED) is 0.485. The molecule has 2 N–H and O–H groups in total. The molecular weight excluding hydrogens is 352 g/mol. The summed E-state index contributed by atoms with van der Waals surface area (Å²) in [6.45, 7) is 2.60. The molecule has 0 saturated carbocycles. The van der Waals surface area contributed by atoms with Crippen LogP contribution in [0, 0.1) is 0 Å². The van der Waals surface area contributed by atoms with Crippen LogP contribution < -0.4 is 4.74 Å². The average molecular weight is 385 g/mol. The number of aliphatic hydroxyl groups excluding tert-OH is 1. The summed E-state index contributed by atoms with van der Waals surface area (Å²) in [7, 11) is 0. The molecule has 1 atom stereocenters. The van der Waals surface area contributed by atoms with Gasteiger partial charge in [-0.1, -0.05) is 62.6 Å². The van der Waals surface area contributed by atoms with Crippen molar-refractivity contribution in [2.24, 2.45) is 0 Å². The van der Waals surface area contributed by atoms with E-state index in [1.54, 1.807) is 12.1 Å². The predicted molar refractivity (Wildman–Crippen MR) is 112 cm³/mol. The Morgan fingerprint density at radius 2 is 1.82 bits per heavy atom. The van der Waals surface area contributed by atoms with Crippen LogP contribution in [0.25, 0.3) is 0 Å². The van der Waals surface area contributed by atoms with E-state index < -0.39 is 6.10 Å². The summed E-state index contributed by atoms with van der Waals surface area (Å²) in [5.41, 5.74) is 2.13. The van der Waals surface area contributed by atoms with Gasteiger partial charge in [0.15, 0.2) is 11.5 Å². The molecule has 0 amide bonds. The Kier molecular flexibility index (Phi) is 9.56. The molecule has 0 saturated heterocycles. The van der Waals surface area contributed by atoms with Gasteiger partial charge in [-0.15, -0.1) is 0 Å². The fraction of sp³-hybridized carbons (Fsp3) is 0.458. The molecule has 0 bridgehead atoms. The Bertz CT molecular complexity index is 712. The van der Waals surface area contributed by atoms with E-state index >= 15 is 0 Å². The number of aliphatic hydroxyl groups is 1. The minimum absolute atomic E-state index is 0.0728. The first kappa shape index (κ1) is 22.0. The number of phenolic OH excluding ortho intramolecular Hbond substituents is 1. The van der Waals surface area contributed by atoms with Gasteiger partial charge >= 0.3 is 0 Å². The topological polar surface area (TPSA) is 66.8 Å². The van der Waals surface area contributed by atoms with E-state index in [1.807, 2.05) is 36.4 Å². The number of ether oxygens (including phenoxy) is 1. The molecule has 0 spiro atoms. The molecule has 4 nitrogen and oxygen atoms in total. The van der Waals surface area contributed by atoms with Crippen molar-refractivity contribution < 1.29 is 19.7 Å². The number of carbonyl (C=O) groups is 1. The molecule has 2 rings (SSSR count). The zero-order valence-electron chi connectivity index (χ0n) is 16.8. The monoisotopic (exact) mass is 384 g/mol. The van der Waals surface area contributed by atoms with Crippen molar-refractivity contribution >= 4 is 5.78 Å². The highest BCUT2D eigenvalue weighted by atomic mass is 16.5. The highest BCUT2D eigenvalue weighted by Gasteiger charge is 2.12. The van der Waals surface area contributed by atoms with Crippen molar-refractivity contribution in [1.82, 2.24) is 0 Å². The fourth-order valence-corrected chi connectivity index (χ4v) is 3.13. The molecule has 2 aromatic rings. The van der Waals surface area contributed by atoms with Crippen molar-refractivity contribution in [2.45, 2.75) is 64.4 Å². The maximum Gasteiger partial charge on any atom is 0.161 e. The molecule has 4 heteroatoms. The van der Waals surface area contributed by atoms with E-state index in [-0.39, 0.29) is 18.0 Å². The van der Waals surface area contributed by atoms with Gasteiger partial charge < -0.3 is 14.9 Å². The smallest absolute Gasteiger partial charge is 0.161 e.